The Morgan fingerprint density at radius 1 is 1.40 bits per heavy atom. The molecule has 1 fully saturated rings. The summed E-state index contributed by atoms with van der Waals surface area (Å²) in [7, 11) is 0. The molecule has 1 aromatic carbocycles. The Balaban J connectivity index is 1.98. The molecule has 3 rings (SSSR count). The minimum atomic E-state index is 0.129. The average molecular weight is 350 g/mol. The molecule has 1 heterocycles. The molecule has 1 aromatic heterocycles. The van der Waals surface area contributed by atoms with Crippen molar-refractivity contribution in [2.75, 3.05) is 4.90 Å². The molecule has 1 aliphatic rings. The van der Waals surface area contributed by atoms with Crippen LogP contribution in [0.4, 0.5) is 5.69 Å². The van der Waals surface area contributed by atoms with E-state index in [1.54, 1.807) is 11.3 Å². The van der Waals surface area contributed by atoms with E-state index in [0.29, 0.717) is 6.04 Å². The summed E-state index contributed by atoms with van der Waals surface area (Å²) in [6, 6.07) is 10.7. The highest BCUT2D eigenvalue weighted by Gasteiger charge is 2.31. The van der Waals surface area contributed by atoms with Crippen LogP contribution in [-0.2, 0) is 6.54 Å². The Morgan fingerprint density at radius 3 is 2.80 bits per heavy atom. The highest BCUT2D eigenvalue weighted by atomic mass is 79.9. The molecule has 104 valence electrons. The fourth-order valence-electron chi connectivity index (χ4n) is 2.34. The van der Waals surface area contributed by atoms with Crippen LogP contribution < -0.4 is 10.6 Å². The lowest BCUT2D eigenvalue weighted by Gasteiger charge is -2.26. The van der Waals surface area contributed by atoms with Crippen LogP contribution >= 0.6 is 27.3 Å². The number of nitrogens with two attached hydrogens (primary N) is 1. The summed E-state index contributed by atoms with van der Waals surface area (Å²) in [4.78, 5) is 3.72. The number of benzene rings is 1. The van der Waals surface area contributed by atoms with Crippen LogP contribution in [0.25, 0.3) is 0 Å². The molecule has 0 bridgehead atoms. The predicted molar refractivity (Wildman–Crippen MR) is 88.7 cm³/mol. The molecular weight excluding hydrogens is 334 g/mol. The van der Waals surface area contributed by atoms with Crippen LogP contribution in [0.1, 0.15) is 23.3 Å². The lowest BCUT2D eigenvalue weighted by Crippen LogP contribution is -2.27. The minimum Gasteiger partial charge on any atom is -0.384 e. The van der Waals surface area contributed by atoms with E-state index in [1.165, 1.54) is 17.7 Å². The second-order valence-corrected chi connectivity index (χ2v) is 6.96. The summed E-state index contributed by atoms with van der Waals surface area (Å²) in [5.41, 5.74) is 7.61. The van der Waals surface area contributed by atoms with Crippen molar-refractivity contribution in [3.63, 3.8) is 0 Å². The van der Waals surface area contributed by atoms with Gasteiger partial charge in [-0.1, -0.05) is 22.0 Å². The zero-order chi connectivity index (χ0) is 14.1. The molecule has 1 aliphatic carbocycles. The third-order valence-corrected chi connectivity index (χ3v) is 4.81. The monoisotopic (exact) mass is 349 g/mol. The highest BCUT2D eigenvalue weighted by molar-refractivity contribution is 9.10. The number of nitrogen functional groups attached to an aromatic ring is 1. The number of nitrogens with one attached hydrogen (secondary N) is 1. The minimum absolute atomic E-state index is 0.129. The van der Waals surface area contributed by atoms with E-state index in [0.717, 1.165) is 22.3 Å². The van der Waals surface area contributed by atoms with E-state index in [2.05, 4.69) is 44.4 Å². The topological polar surface area (TPSA) is 53.1 Å². The number of thiophene rings is 1. The zero-order valence-electron chi connectivity index (χ0n) is 11.0. The van der Waals surface area contributed by atoms with Gasteiger partial charge in [0.2, 0.25) is 0 Å². The van der Waals surface area contributed by atoms with E-state index >= 15 is 0 Å². The molecule has 1 saturated carbocycles. The lowest BCUT2D eigenvalue weighted by molar-refractivity contribution is 0.802. The first-order valence-electron chi connectivity index (χ1n) is 6.58. The predicted octanol–water partition coefficient (Wildman–Crippen LogP) is 3.96. The second-order valence-electron chi connectivity index (χ2n) is 5.01. The first-order valence-corrected chi connectivity index (χ1v) is 8.25. The number of rotatable bonds is 5. The molecule has 20 heavy (non-hydrogen) atoms. The van der Waals surface area contributed by atoms with Crippen LogP contribution in [0, 0.1) is 5.41 Å². The van der Waals surface area contributed by atoms with Crippen LogP contribution in [0.15, 0.2) is 40.2 Å². The molecule has 5 heteroatoms. The van der Waals surface area contributed by atoms with Crippen molar-refractivity contribution >= 4 is 38.8 Å². The number of hydrogen-bond donors (Lipinski definition) is 2. The van der Waals surface area contributed by atoms with Crippen molar-refractivity contribution in [2.24, 2.45) is 5.73 Å². The second kappa shape index (κ2) is 5.58. The molecule has 0 spiro atoms. The molecule has 0 aliphatic heterocycles. The third kappa shape index (κ3) is 2.88. The van der Waals surface area contributed by atoms with Gasteiger partial charge < -0.3 is 10.6 Å². The Labute approximate surface area is 131 Å². The van der Waals surface area contributed by atoms with Gasteiger partial charge in [-0.2, -0.15) is 0 Å². The standard InChI is InChI=1S/C15H16BrN3S/c16-10-3-6-13(15(17)18)14(8-10)19(11-4-5-11)9-12-2-1-7-20-12/h1-3,6-8,11H,4-5,9H2,(H3,17,18). The number of halogens is 1. The van der Waals surface area contributed by atoms with Crippen molar-refractivity contribution in [3.8, 4) is 0 Å². The summed E-state index contributed by atoms with van der Waals surface area (Å²) in [5, 5.41) is 9.89. The molecule has 0 amide bonds. The van der Waals surface area contributed by atoms with Crippen molar-refractivity contribution in [1.29, 1.82) is 5.41 Å². The Bertz CT molecular complexity index is 620. The summed E-state index contributed by atoms with van der Waals surface area (Å²) >= 11 is 5.30. The first-order chi connectivity index (χ1) is 9.65. The molecule has 3 nitrogen and oxygen atoms in total. The van der Waals surface area contributed by atoms with Crippen molar-refractivity contribution < 1.29 is 0 Å². The van der Waals surface area contributed by atoms with Crippen molar-refractivity contribution in [1.82, 2.24) is 0 Å². The summed E-state index contributed by atoms with van der Waals surface area (Å²) in [6.07, 6.45) is 2.43. The van der Waals surface area contributed by atoms with Gasteiger partial charge in [-0.05, 0) is 42.5 Å². The van der Waals surface area contributed by atoms with E-state index in [9.17, 15) is 0 Å². The molecule has 0 atom stereocenters. The third-order valence-electron chi connectivity index (χ3n) is 3.45. The maximum absolute atomic E-state index is 7.79. The van der Waals surface area contributed by atoms with E-state index in [1.807, 2.05) is 12.1 Å². The number of anilines is 1. The van der Waals surface area contributed by atoms with Gasteiger partial charge in [0.05, 0.1) is 6.54 Å². The zero-order valence-corrected chi connectivity index (χ0v) is 13.4. The van der Waals surface area contributed by atoms with E-state index in [4.69, 9.17) is 11.1 Å². The normalized spacial score (nSPS) is 14.2. The summed E-state index contributed by atoms with van der Waals surface area (Å²) in [6.45, 7) is 0.888. The summed E-state index contributed by atoms with van der Waals surface area (Å²) in [5.74, 6) is 0.129. The van der Waals surface area contributed by atoms with Crippen LogP contribution in [0.5, 0.6) is 0 Å². The maximum Gasteiger partial charge on any atom is 0.124 e. The molecule has 0 radical (unpaired) electrons. The SMILES string of the molecule is N=C(N)c1ccc(Br)cc1N(Cc1cccs1)C1CC1. The van der Waals surface area contributed by atoms with E-state index in [-0.39, 0.29) is 5.84 Å². The average Bonchev–Trinajstić information content (AvgIpc) is 3.12. The molecule has 2 aromatic rings. The van der Waals surface area contributed by atoms with Gasteiger partial charge in [-0.15, -0.1) is 11.3 Å². The fourth-order valence-corrected chi connectivity index (χ4v) is 3.39. The highest BCUT2D eigenvalue weighted by Crippen LogP contribution is 2.36. The fraction of sp³-hybridized carbons (Fsp3) is 0.267. The summed E-state index contributed by atoms with van der Waals surface area (Å²) < 4.78 is 1.02. The van der Waals surface area contributed by atoms with Gasteiger partial charge in [-0.25, -0.2) is 0 Å². The van der Waals surface area contributed by atoms with Crippen molar-refractivity contribution in [3.05, 3.63) is 50.6 Å². The Morgan fingerprint density at radius 2 is 2.20 bits per heavy atom. The molecule has 0 unspecified atom stereocenters. The first kappa shape index (κ1) is 13.6. The molecule has 3 N–H and O–H groups in total. The smallest absolute Gasteiger partial charge is 0.124 e. The van der Waals surface area contributed by atoms with Gasteiger partial charge in [0.25, 0.3) is 0 Å². The van der Waals surface area contributed by atoms with Gasteiger partial charge in [0.1, 0.15) is 5.84 Å². The Kier molecular flexibility index (Phi) is 3.81. The molecular formula is C15H16BrN3S. The largest absolute Gasteiger partial charge is 0.384 e. The van der Waals surface area contributed by atoms with Gasteiger partial charge in [-0.3, -0.25) is 5.41 Å². The van der Waals surface area contributed by atoms with Crippen LogP contribution in [0.3, 0.4) is 0 Å². The number of nitrogens with zero attached hydrogens (tertiary/aromatic N) is 1. The van der Waals surface area contributed by atoms with Gasteiger partial charge in [0.15, 0.2) is 0 Å². The quantitative estimate of drug-likeness (QED) is 0.633. The van der Waals surface area contributed by atoms with E-state index < -0.39 is 0 Å². The van der Waals surface area contributed by atoms with Gasteiger partial charge >= 0.3 is 0 Å². The maximum atomic E-state index is 7.79. The van der Waals surface area contributed by atoms with Crippen molar-refractivity contribution in [2.45, 2.75) is 25.4 Å². The van der Waals surface area contributed by atoms with Gasteiger partial charge in [0, 0.05) is 26.6 Å². The number of hydrogen-bond acceptors (Lipinski definition) is 3. The van der Waals surface area contributed by atoms with Crippen LogP contribution in [0.2, 0.25) is 0 Å². The lowest BCUT2D eigenvalue weighted by atomic mass is 10.1. The Hall–Kier alpha value is -1.33. The van der Waals surface area contributed by atoms with Crippen LogP contribution in [-0.4, -0.2) is 11.9 Å². The number of amidine groups is 1. The molecule has 0 saturated heterocycles.